The van der Waals surface area contributed by atoms with Crippen LogP contribution in [-0.2, 0) is 6.42 Å². The molecule has 45 heavy (non-hydrogen) atoms. The molecule has 0 saturated heterocycles. The summed E-state index contributed by atoms with van der Waals surface area (Å²) >= 11 is 0. The number of hydrogen-bond acceptors (Lipinski definition) is 3. The molecule has 0 radical (unpaired) electrons. The summed E-state index contributed by atoms with van der Waals surface area (Å²) in [7, 11) is 0. The van der Waals surface area contributed by atoms with E-state index in [1.165, 1.54) is 27.9 Å². The normalized spacial score (nSPS) is 12.4. The summed E-state index contributed by atoms with van der Waals surface area (Å²) in [5.41, 5.74) is 12.0. The fourth-order valence-corrected chi connectivity index (χ4v) is 6.58. The zero-order valence-corrected chi connectivity index (χ0v) is 27.3. The van der Waals surface area contributed by atoms with Crippen LogP contribution in [0, 0.1) is 5.41 Å². The largest absolute Gasteiger partial charge is 0.437 e. The minimum atomic E-state index is 0.140. The first-order valence-corrected chi connectivity index (χ1v) is 16.1. The Morgan fingerprint density at radius 2 is 1.38 bits per heavy atom. The van der Waals surface area contributed by atoms with E-state index < -0.39 is 0 Å². The van der Waals surface area contributed by atoms with Gasteiger partial charge in [-0.25, -0.2) is 9.97 Å². The van der Waals surface area contributed by atoms with E-state index in [-0.39, 0.29) is 5.41 Å². The van der Waals surface area contributed by atoms with Gasteiger partial charge in [-0.05, 0) is 88.4 Å². The molecule has 0 saturated carbocycles. The molecule has 0 aliphatic rings. The quantitative estimate of drug-likeness (QED) is 0.193. The van der Waals surface area contributed by atoms with Crippen molar-refractivity contribution in [2.24, 2.45) is 5.41 Å². The third-order valence-corrected chi connectivity index (χ3v) is 8.68. The van der Waals surface area contributed by atoms with E-state index in [1.54, 1.807) is 0 Å². The van der Waals surface area contributed by atoms with Gasteiger partial charge in [0, 0.05) is 16.5 Å². The lowest BCUT2D eigenvalue weighted by molar-refractivity contribution is 0.406. The molecule has 3 aromatic heterocycles. The van der Waals surface area contributed by atoms with Gasteiger partial charge in [0.2, 0.25) is 5.71 Å². The highest BCUT2D eigenvalue weighted by molar-refractivity contribution is 6.08. The molecule has 7 rings (SSSR count). The molecule has 0 spiro atoms. The van der Waals surface area contributed by atoms with Gasteiger partial charge in [0.15, 0.2) is 0 Å². The SMILES string of the molecule is CC(C)c1cc(-c2ccccc2)cc(C(C)C)c1-n1c(-c2cccc3c2oc2nc(CC(C)(C)C)ccc23)nc2ccccc21. The highest BCUT2D eigenvalue weighted by Crippen LogP contribution is 2.42. The van der Waals surface area contributed by atoms with Crippen LogP contribution in [0.4, 0.5) is 0 Å². The molecule has 0 bridgehead atoms. The molecule has 0 N–H and O–H groups in total. The average molecular weight is 592 g/mol. The Kier molecular flexibility index (Phi) is 7.12. The lowest BCUT2D eigenvalue weighted by atomic mass is 9.88. The summed E-state index contributed by atoms with van der Waals surface area (Å²) in [6.07, 6.45) is 0.886. The molecule has 7 aromatic rings. The topological polar surface area (TPSA) is 43.9 Å². The van der Waals surface area contributed by atoms with Crippen LogP contribution in [0.15, 0.2) is 101 Å². The zero-order valence-electron chi connectivity index (χ0n) is 27.3. The number of pyridine rings is 1. The van der Waals surface area contributed by atoms with Crippen molar-refractivity contribution in [3.05, 3.63) is 114 Å². The maximum Gasteiger partial charge on any atom is 0.227 e. The zero-order chi connectivity index (χ0) is 31.5. The van der Waals surface area contributed by atoms with Gasteiger partial charge in [0.25, 0.3) is 0 Å². The van der Waals surface area contributed by atoms with E-state index in [4.69, 9.17) is 14.4 Å². The van der Waals surface area contributed by atoms with E-state index in [0.717, 1.165) is 50.9 Å². The molecule has 226 valence electrons. The van der Waals surface area contributed by atoms with Gasteiger partial charge in [-0.2, -0.15) is 0 Å². The predicted octanol–water partition coefficient (Wildman–Crippen LogP) is 11.5. The van der Waals surface area contributed by atoms with Crippen molar-refractivity contribution >= 4 is 33.1 Å². The van der Waals surface area contributed by atoms with Crippen LogP contribution in [0.2, 0.25) is 0 Å². The summed E-state index contributed by atoms with van der Waals surface area (Å²) in [6, 6.07) is 34.6. The smallest absolute Gasteiger partial charge is 0.227 e. The molecule has 3 heterocycles. The summed E-state index contributed by atoms with van der Waals surface area (Å²) in [5.74, 6) is 1.47. The summed E-state index contributed by atoms with van der Waals surface area (Å²) in [6.45, 7) is 15.9. The summed E-state index contributed by atoms with van der Waals surface area (Å²) < 4.78 is 9.03. The van der Waals surface area contributed by atoms with E-state index in [0.29, 0.717) is 17.5 Å². The summed E-state index contributed by atoms with van der Waals surface area (Å²) in [4.78, 5) is 10.3. The third-order valence-electron chi connectivity index (χ3n) is 8.68. The molecule has 0 fully saturated rings. The number of nitrogens with zero attached hydrogens (tertiary/aromatic N) is 3. The minimum Gasteiger partial charge on any atom is -0.437 e. The van der Waals surface area contributed by atoms with Crippen molar-refractivity contribution in [1.82, 2.24) is 14.5 Å². The van der Waals surface area contributed by atoms with E-state index in [2.05, 4.69) is 150 Å². The van der Waals surface area contributed by atoms with Crippen molar-refractivity contribution in [2.75, 3.05) is 0 Å². The van der Waals surface area contributed by atoms with Crippen molar-refractivity contribution in [2.45, 2.75) is 66.7 Å². The lowest BCUT2D eigenvalue weighted by Gasteiger charge is -2.24. The second-order valence-electron chi connectivity index (χ2n) is 14.1. The number of fused-ring (bicyclic) bond motifs is 4. The van der Waals surface area contributed by atoms with Crippen LogP contribution in [-0.4, -0.2) is 14.5 Å². The first-order chi connectivity index (χ1) is 21.6. The second-order valence-corrected chi connectivity index (χ2v) is 14.1. The predicted molar refractivity (Wildman–Crippen MR) is 188 cm³/mol. The van der Waals surface area contributed by atoms with E-state index in [9.17, 15) is 0 Å². The van der Waals surface area contributed by atoms with Gasteiger partial charge in [-0.3, -0.25) is 4.57 Å². The van der Waals surface area contributed by atoms with Gasteiger partial charge in [0.05, 0.1) is 22.3 Å². The van der Waals surface area contributed by atoms with Crippen LogP contribution >= 0.6 is 0 Å². The van der Waals surface area contributed by atoms with Crippen molar-refractivity contribution in [3.63, 3.8) is 0 Å². The Morgan fingerprint density at radius 1 is 0.689 bits per heavy atom. The molecule has 0 unspecified atom stereocenters. The highest BCUT2D eigenvalue weighted by atomic mass is 16.3. The maximum atomic E-state index is 6.65. The van der Waals surface area contributed by atoms with Crippen molar-refractivity contribution in [3.8, 4) is 28.2 Å². The summed E-state index contributed by atoms with van der Waals surface area (Å²) in [5, 5.41) is 2.09. The number of imidazole rings is 1. The Balaban J connectivity index is 1.53. The molecular formula is C41H41N3O. The Bertz CT molecular complexity index is 2150. The number of hydrogen-bond donors (Lipinski definition) is 0. The van der Waals surface area contributed by atoms with Crippen LogP contribution in [0.25, 0.3) is 61.3 Å². The Morgan fingerprint density at radius 3 is 2.07 bits per heavy atom. The second kappa shape index (κ2) is 11.0. The van der Waals surface area contributed by atoms with Gasteiger partial charge in [0.1, 0.15) is 11.4 Å². The molecular weight excluding hydrogens is 550 g/mol. The molecule has 4 aromatic carbocycles. The average Bonchev–Trinajstić information content (AvgIpc) is 3.58. The molecule has 0 atom stereocenters. The van der Waals surface area contributed by atoms with Gasteiger partial charge >= 0.3 is 0 Å². The molecule has 4 heteroatoms. The number of benzene rings is 4. The molecule has 0 aliphatic carbocycles. The Labute approximate surface area is 265 Å². The van der Waals surface area contributed by atoms with Crippen LogP contribution in [0.5, 0.6) is 0 Å². The fraction of sp³-hybridized carbons (Fsp3) is 0.268. The monoisotopic (exact) mass is 591 g/mol. The van der Waals surface area contributed by atoms with E-state index in [1.807, 2.05) is 0 Å². The van der Waals surface area contributed by atoms with Crippen LogP contribution in [0.1, 0.15) is 77.1 Å². The first kappa shape index (κ1) is 29.0. The number of para-hydroxylation sites is 3. The van der Waals surface area contributed by atoms with Gasteiger partial charge < -0.3 is 4.42 Å². The fourth-order valence-electron chi connectivity index (χ4n) is 6.58. The van der Waals surface area contributed by atoms with Crippen molar-refractivity contribution in [1.29, 1.82) is 0 Å². The van der Waals surface area contributed by atoms with Crippen molar-refractivity contribution < 1.29 is 4.42 Å². The standard InChI is InChI=1S/C41H41N3O/c1-25(2)33-22-28(27-14-9-8-10-15-27)23-34(26(3)4)37(33)44-36-19-12-11-18-35(36)43-39(44)32-17-13-16-30-31-21-20-29(24-41(5,6)7)42-40(31)45-38(30)32/h8-23,25-26H,24H2,1-7H3. The molecule has 0 amide bonds. The van der Waals surface area contributed by atoms with Gasteiger partial charge in [-0.15, -0.1) is 0 Å². The third kappa shape index (κ3) is 5.22. The molecule has 0 aliphatic heterocycles. The van der Waals surface area contributed by atoms with E-state index >= 15 is 0 Å². The first-order valence-electron chi connectivity index (χ1n) is 16.1. The number of furan rings is 1. The van der Waals surface area contributed by atoms with Gasteiger partial charge in [-0.1, -0.05) is 103 Å². The maximum absolute atomic E-state index is 6.65. The number of rotatable bonds is 6. The van der Waals surface area contributed by atoms with Crippen LogP contribution in [0.3, 0.4) is 0 Å². The molecule has 4 nitrogen and oxygen atoms in total. The Hall–Kier alpha value is -4.70. The highest BCUT2D eigenvalue weighted by Gasteiger charge is 2.25. The number of aromatic nitrogens is 3. The van der Waals surface area contributed by atoms with Crippen LogP contribution < -0.4 is 0 Å². The minimum absolute atomic E-state index is 0.140. The lowest BCUT2D eigenvalue weighted by Crippen LogP contribution is -2.10.